The molecule has 0 spiro atoms. The molecule has 0 aliphatic carbocycles. The van der Waals surface area contributed by atoms with E-state index in [1.165, 1.54) is 0 Å². The van der Waals surface area contributed by atoms with E-state index in [0.717, 1.165) is 0 Å². The summed E-state index contributed by atoms with van der Waals surface area (Å²) in [5.41, 5.74) is 0.678. The third-order valence-electron chi connectivity index (χ3n) is 1.08. The summed E-state index contributed by atoms with van der Waals surface area (Å²) in [7, 11) is 0. The van der Waals surface area contributed by atoms with Crippen LogP contribution < -0.4 is 56.5 Å². The fourth-order valence-corrected chi connectivity index (χ4v) is 0.645. The summed E-state index contributed by atoms with van der Waals surface area (Å²) < 4.78 is 0. The maximum absolute atomic E-state index is 9.89. The van der Waals surface area contributed by atoms with Crippen LogP contribution in [0.4, 0.5) is 0 Å². The van der Waals surface area contributed by atoms with Gasteiger partial charge in [-0.2, -0.15) is 0 Å². The van der Waals surface area contributed by atoms with Gasteiger partial charge in [-0.25, -0.2) is 0 Å². The normalized spacial score (nSPS) is 7.33. The van der Waals surface area contributed by atoms with Gasteiger partial charge in [0.15, 0.2) is 0 Å². The van der Waals surface area contributed by atoms with Crippen molar-refractivity contribution in [3.8, 4) is 11.8 Å². The van der Waals surface area contributed by atoms with Crippen LogP contribution in [0.3, 0.4) is 0 Å². The average Bonchev–Trinajstić information content (AvgIpc) is 2.03. The van der Waals surface area contributed by atoms with Crippen LogP contribution >= 0.6 is 0 Å². The number of rotatable bonds is 0. The molecule has 0 atom stereocenters. The summed E-state index contributed by atoms with van der Waals surface area (Å²) in [6, 6.07) is 8.88. The van der Waals surface area contributed by atoms with Crippen molar-refractivity contribution in [3.05, 3.63) is 35.9 Å². The molecule has 0 saturated heterocycles. The maximum Gasteiger partial charge on any atom is 1.00 e. The standard InChI is InChI=1S/C9H6O2.K/c10-9(11)7-6-8-4-2-1-3-5-8;/h1-5H,(H,10,11);/q;+1/p-1. The van der Waals surface area contributed by atoms with Gasteiger partial charge in [-0.1, -0.05) is 24.1 Å². The van der Waals surface area contributed by atoms with Crippen LogP contribution in [0.5, 0.6) is 0 Å². The Morgan fingerprint density at radius 3 is 2.33 bits per heavy atom. The minimum atomic E-state index is -1.35. The minimum absolute atomic E-state index is 0. The molecule has 0 amide bonds. The topological polar surface area (TPSA) is 40.1 Å². The van der Waals surface area contributed by atoms with Gasteiger partial charge in [0.05, 0.1) is 0 Å². The van der Waals surface area contributed by atoms with Crippen LogP contribution in [0.25, 0.3) is 0 Å². The zero-order valence-electron chi connectivity index (χ0n) is 6.70. The third kappa shape index (κ3) is 4.70. The van der Waals surface area contributed by atoms with Gasteiger partial charge in [0, 0.05) is 5.56 Å². The summed E-state index contributed by atoms with van der Waals surface area (Å²) in [5, 5.41) is 9.89. The van der Waals surface area contributed by atoms with Crippen molar-refractivity contribution in [1.82, 2.24) is 0 Å². The molecular formula is C9H5KO2. The Labute approximate surface area is 113 Å². The molecule has 1 aromatic rings. The molecule has 0 saturated carbocycles. The predicted octanol–water partition coefficient (Wildman–Crippen LogP) is -3.21. The average molecular weight is 184 g/mol. The van der Waals surface area contributed by atoms with Crippen molar-refractivity contribution in [2.75, 3.05) is 0 Å². The van der Waals surface area contributed by atoms with Gasteiger partial charge < -0.3 is 9.90 Å². The van der Waals surface area contributed by atoms with E-state index in [1.54, 1.807) is 24.3 Å². The second-order valence-electron chi connectivity index (χ2n) is 1.90. The molecule has 1 aromatic carbocycles. The molecule has 0 aliphatic heterocycles. The third-order valence-corrected chi connectivity index (χ3v) is 1.08. The number of benzene rings is 1. The predicted molar refractivity (Wildman–Crippen MR) is 38.3 cm³/mol. The first-order valence-electron chi connectivity index (χ1n) is 3.07. The first kappa shape index (κ1) is 11.9. The van der Waals surface area contributed by atoms with Crippen molar-refractivity contribution < 1.29 is 61.3 Å². The first-order chi connectivity index (χ1) is 5.29. The van der Waals surface area contributed by atoms with E-state index in [-0.39, 0.29) is 51.4 Å². The zero-order valence-corrected chi connectivity index (χ0v) is 9.83. The summed E-state index contributed by atoms with van der Waals surface area (Å²) in [6.45, 7) is 0. The van der Waals surface area contributed by atoms with E-state index in [2.05, 4.69) is 5.92 Å². The van der Waals surface area contributed by atoms with Crippen molar-refractivity contribution >= 4 is 5.97 Å². The molecule has 0 N–H and O–H groups in total. The second-order valence-corrected chi connectivity index (χ2v) is 1.90. The van der Waals surface area contributed by atoms with E-state index in [0.29, 0.717) is 5.56 Å². The number of carboxylic acid groups (broad SMARTS) is 1. The maximum atomic E-state index is 9.89. The Morgan fingerprint density at radius 1 is 1.25 bits per heavy atom. The van der Waals surface area contributed by atoms with Gasteiger partial charge >= 0.3 is 51.4 Å². The molecule has 3 heteroatoms. The van der Waals surface area contributed by atoms with Crippen LogP contribution in [0.15, 0.2) is 30.3 Å². The Balaban J connectivity index is 0.00000121. The van der Waals surface area contributed by atoms with Crippen LogP contribution in [-0.2, 0) is 4.79 Å². The van der Waals surface area contributed by atoms with E-state index < -0.39 is 5.97 Å². The first-order valence-corrected chi connectivity index (χ1v) is 3.07. The van der Waals surface area contributed by atoms with E-state index in [9.17, 15) is 9.90 Å². The van der Waals surface area contributed by atoms with E-state index in [1.807, 2.05) is 12.0 Å². The largest absolute Gasteiger partial charge is 1.00 e. The minimum Gasteiger partial charge on any atom is -0.537 e. The number of carbonyl (C=O) groups is 1. The van der Waals surface area contributed by atoms with Gasteiger partial charge in [-0.3, -0.25) is 0 Å². The molecule has 0 aliphatic rings. The smallest absolute Gasteiger partial charge is 0.537 e. The van der Waals surface area contributed by atoms with Crippen LogP contribution in [0.1, 0.15) is 5.56 Å². The Bertz CT molecular complexity index is 308. The SMILES string of the molecule is O=C([O-])C#Cc1ccccc1.[K+]. The van der Waals surface area contributed by atoms with Crippen molar-refractivity contribution in [3.63, 3.8) is 0 Å². The summed E-state index contributed by atoms with van der Waals surface area (Å²) >= 11 is 0. The van der Waals surface area contributed by atoms with Crippen LogP contribution in [-0.4, -0.2) is 5.97 Å². The summed E-state index contributed by atoms with van der Waals surface area (Å²) in [6.07, 6.45) is 0. The molecular weight excluding hydrogens is 179 g/mol. The molecule has 0 heterocycles. The number of carboxylic acids is 1. The molecule has 0 radical (unpaired) electrons. The number of carbonyl (C=O) groups excluding carboxylic acids is 1. The van der Waals surface area contributed by atoms with Gasteiger partial charge in [0.2, 0.25) is 0 Å². The Kier molecular flexibility index (Phi) is 6.35. The van der Waals surface area contributed by atoms with Gasteiger partial charge in [-0.05, 0) is 18.1 Å². The van der Waals surface area contributed by atoms with Crippen LogP contribution in [0.2, 0.25) is 0 Å². The van der Waals surface area contributed by atoms with Crippen molar-refractivity contribution in [2.24, 2.45) is 0 Å². The Hall–Kier alpha value is -0.114. The fraction of sp³-hybridized carbons (Fsp3) is 0. The molecule has 2 nitrogen and oxygen atoms in total. The number of hydrogen-bond donors (Lipinski definition) is 0. The Morgan fingerprint density at radius 2 is 1.83 bits per heavy atom. The van der Waals surface area contributed by atoms with Crippen molar-refractivity contribution in [1.29, 1.82) is 0 Å². The summed E-state index contributed by atoms with van der Waals surface area (Å²) in [5.74, 6) is 3.00. The molecule has 0 bridgehead atoms. The van der Waals surface area contributed by atoms with Gasteiger partial charge in [0.25, 0.3) is 0 Å². The van der Waals surface area contributed by atoms with Gasteiger partial charge in [-0.15, -0.1) is 0 Å². The zero-order chi connectivity index (χ0) is 8.10. The molecule has 0 aromatic heterocycles. The molecule has 1 rings (SSSR count). The van der Waals surface area contributed by atoms with Crippen LogP contribution in [0, 0.1) is 11.8 Å². The molecule has 12 heavy (non-hydrogen) atoms. The number of hydrogen-bond acceptors (Lipinski definition) is 2. The van der Waals surface area contributed by atoms with E-state index >= 15 is 0 Å². The fourth-order valence-electron chi connectivity index (χ4n) is 0.645. The van der Waals surface area contributed by atoms with Crippen molar-refractivity contribution in [2.45, 2.75) is 0 Å². The molecule has 0 fully saturated rings. The monoisotopic (exact) mass is 184 g/mol. The summed E-state index contributed by atoms with van der Waals surface area (Å²) in [4.78, 5) is 9.89. The second kappa shape index (κ2) is 6.41. The molecule has 54 valence electrons. The number of aliphatic carboxylic acids is 1. The quantitative estimate of drug-likeness (QED) is 0.314. The van der Waals surface area contributed by atoms with E-state index in [4.69, 9.17) is 0 Å². The van der Waals surface area contributed by atoms with Gasteiger partial charge in [0.1, 0.15) is 5.97 Å². The molecule has 0 unspecified atom stereocenters.